The lowest BCUT2D eigenvalue weighted by Gasteiger charge is -2.34. The van der Waals surface area contributed by atoms with E-state index in [1.54, 1.807) is 23.2 Å². The summed E-state index contributed by atoms with van der Waals surface area (Å²) in [6.07, 6.45) is 1.56. The zero-order chi connectivity index (χ0) is 18.7. The molecule has 26 heavy (non-hydrogen) atoms. The second kappa shape index (κ2) is 7.61. The average Bonchev–Trinajstić information content (AvgIpc) is 2.64. The van der Waals surface area contributed by atoms with Crippen LogP contribution in [0.3, 0.4) is 0 Å². The van der Waals surface area contributed by atoms with Crippen molar-refractivity contribution in [2.24, 2.45) is 0 Å². The molecule has 0 atom stereocenters. The fourth-order valence-corrected chi connectivity index (χ4v) is 4.32. The lowest BCUT2D eigenvalue weighted by molar-refractivity contribution is -0.133. The number of amides is 1. The molecule has 0 N–H and O–H groups in total. The molecular formula is C17H18ClN3O4S. The molecule has 2 heterocycles. The van der Waals surface area contributed by atoms with E-state index in [1.165, 1.54) is 39.2 Å². The Morgan fingerprint density at radius 1 is 1.00 bits per heavy atom. The van der Waals surface area contributed by atoms with Gasteiger partial charge in [-0.3, -0.25) is 9.59 Å². The van der Waals surface area contributed by atoms with Gasteiger partial charge in [0.25, 0.3) is 5.56 Å². The summed E-state index contributed by atoms with van der Waals surface area (Å²) in [5.41, 5.74) is -0.246. The summed E-state index contributed by atoms with van der Waals surface area (Å²) in [6.45, 7) is 0.935. The Morgan fingerprint density at radius 3 is 2.27 bits per heavy atom. The van der Waals surface area contributed by atoms with E-state index in [4.69, 9.17) is 11.6 Å². The largest absolute Gasteiger partial charge is 0.339 e. The number of pyridine rings is 1. The second-order valence-corrected chi connectivity index (χ2v) is 8.28. The minimum absolute atomic E-state index is 0.0520. The van der Waals surface area contributed by atoms with Crippen molar-refractivity contribution in [2.45, 2.75) is 11.4 Å². The molecule has 1 fully saturated rings. The fraction of sp³-hybridized carbons (Fsp3) is 0.294. The highest BCUT2D eigenvalue weighted by Gasteiger charge is 2.30. The Kier molecular flexibility index (Phi) is 5.45. The Balaban J connectivity index is 1.63. The van der Waals surface area contributed by atoms with E-state index >= 15 is 0 Å². The Morgan fingerprint density at radius 2 is 1.65 bits per heavy atom. The number of hydrogen-bond donors (Lipinski definition) is 0. The number of carbonyl (C=O) groups is 1. The van der Waals surface area contributed by atoms with E-state index in [9.17, 15) is 18.0 Å². The topological polar surface area (TPSA) is 79.7 Å². The molecule has 7 nitrogen and oxygen atoms in total. The molecule has 0 bridgehead atoms. The van der Waals surface area contributed by atoms with Gasteiger partial charge >= 0.3 is 0 Å². The minimum Gasteiger partial charge on any atom is -0.339 e. The third-order valence-corrected chi connectivity index (χ3v) is 6.41. The SMILES string of the molecule is O=C(Cn1ccccc1=O)N1CCN(S(=O)(=O)c2ccc(Cl)cc2)CC1. The van der Waals surface area contributed by atoms with Crippen LogP contribution in [0.1, 0.15) is 0 Å². The first-order valence-electron chi connectivity index (χ1n) is 8.07. The molecule has 1 aromatic carbocycles. The van der Waals surface area contributed by atoms with Gasteiger partial charge in [-0.2, -0.15) is 4.31 Å². The van der Waals surface area contributed by atoms with Gasteiger partial charge in [0.15, 0.2) is 0 Å². The van der Waals surface area contributed by atoms with Crippen LogP contribution in [0.15, 0.2) is 58.4 Å². The number of rotatable bonds is 4. The van der Waals surface area contributed by atoms with Crippen molar-refractivity contribution >= 4 is 27.5 Å². The number of benzene rings is 1. The standard InChI is InChI=1S/C17H18ClN3O4S/c18-14-4-6-15(7-5-14)26(24,25)21-11-9-19(10-12-21)17(23)13-20-8-2-1-3-16(20)22/h1-8H,9-13H2. The monoisotopic (exact) mass is 395 g/mol. The number of carbonyl (C=O) groups excluding carboxylic acids is 1. The number of hydrogen-bond acceptors (Lipinski definition) is 4. The van der Waals surface area contributed by atoms with Crippen LogP contribution in [0.25, 0.3) is 0 Å². The lowest BCUT2D eigenvalue weighted by atomic mass is 10.3. The molecule has 0 saturated carbocycles. The molecule has 0 aliphatic carbocycles. The molecule has 1 aliphatic rings. The van der Waals surface area contributed by atoms with Gasteiger partial charge in [0.1, 0.15) is 6.54 Å². The normalized spacial score (nSPS) is 15.8. The van der Waals surface area contributed by atoms with Gasteiger partial charge < -0.3 is 9.47 Å². The molecule has 1 saturated heterocycles. The molecule has 3 rings (SSSR count). The van der Waals surface area contributed by atoms with Crippen molar-refractivity contribution in [2.75, 3.05) is 26.2 Å². The number of piperazine rings is 1. The molecule has 0 spiro atoms. The zero-order valence-electron chi connectivity index (χ0n) is 13.9. The molecule has 9 heteroatoms. The highest BCUT2D eigenvalue weighted by Crippen LogP contribution is 2.19. The first kappa shape index (κ1) is 18.6. The van der Waals surface area contributed by atoms with Crippen LogP contribution >= 0.6 is 11.6 Å². The summed E-state index contributed by atoms with van der Waals surface area (Å²) in [6, 6.07) is 10.7. The third-order valence-electron chi connectivity index (χ3n) is 4.25. The van der Waals surface area contributed by atoms with Gasteiger partial charge in [-0.25, -0.2) is 8.42 Å². The quantitative estimate of drug-likeness (QED) is 0.774. The van der Waals surface area contributed by atoms with Crippen molar-refractivity contribution in [1.29, 1.82) is 0 Å². The molecular weight excluding hydrogens is 378 g/mol. The van der Waals surface area contributed by atoms with E-state index in [0.717, 1.165) is 0 Å². The van der Waals surface area contributed by atoms with Crippen LogP contribution in [-0.2, 0) is 21.4 Å². The number of sulfonamides is 1. The molecule has 0 unspecified atom stereocenters. The van der Waals surface area contributed by atoms with Crippen LogP contribution in [0.5, 0.6) is 0 Å². The molecule has 1 aromatic heterocycles. The smallest absolute Gasteiger partial charge is 0.250 e. The van der Waals surface area contributed by atoms with E-state index < -0.39 is 10.0 Å². The molecule has 1 aliphatic heterocycles. The average molecular weight is 396 g/mol. The Hall–Kier alpha value is -2.16. The summed E-state index contributed by atoms with van der Waals surface area (Å²) < 4.78 is 28.0. The maximum atomic E-state index is 12.6. The van der Waals surface area contributed by atoms with Crippen LogP contribution in [-0.4, -0.2) is 54.3 Å². The molecule has 0 radical (unpaired) electrons. The minimum atomic E-state index is -3.61. The van der Waals surface area contributed by atoms with E-state index in [-0.39, 0.29) is 49.1 Å². The second-order valence-electron chi connectivity index (χ2n) is 5.91. The zero-order valence-corrected chi connectivity index (χ0v) is 15.5. The Labute approximate surface area is 156 Å². The van der Waals surface area contributed by atoms with Crippen molar-refractivity contribution in [3.63, 3.8) is 0 Å². The summed E-state index contributed by atoms with van der Waals surface area (Å²) in [5, 5.41) is 0.468. The van der Waals surface area contributed by atoms with Gasteiger partial charge in [-0.15, -0.1) is 0 Å². The van der Waals surface area contributed by atoms with Crippen LogP contribution < -0.4 is 5.56 Å². The summed E-state index contributed by atoms with van der Waals surface area (Å²) >= 11 is 5.80. The van der Waals surface area contributed by atoms with Crippen LogP contribution in [0.4, 0.5) is 0 Å². The van der Waals surface area contributed by atoms with Gasteiger partial charge in [0, 0.05) is 43.5 Å². The van der Waals surface area contributed by atoms with Crippen molar-refractivity contribution in [3.05, 3.63) is 64.0 Å². The van der Waals surface area contributed by atoms with E-state index in [0.29, 0.717) is 5.02 Å². The maximum absolute atomic E-state index is 12.6. The first-order chi connectivity index (χ1) is 12.4. The number of nitrogens with zero attached hydrogens (tertiary/aromatic N) is 3. The summed E-state index contributed by atoms with van der Waals surface area (Å²) in [7, 11) is -3.61. The van der Waals surface area contributed by atoms with Crippen molar-refractivity contribution in [1.82, 2.24) is 13.8 Å². The maximum Gasteiger partial charge on any atom is 0.250 e. The lowest BCUT2D eigenvalue weighted by Crippen LogP contribution is -2.51. The first-order valence-corrected chi connectivity index (χ1v) is 9.89. The van der Waals surface area contributed by atoms with Gasteiger partial charge in [0.2, 0.25) is 15.9 Å². The van der Waals surface area contributed by atoms with Gasteiger partial charge in [-0.05, 0) is 30.3 Å². The number of aromatic nitrogens is 1. The van der Waals surface area contributed by atoms with E-state index in [2.05, 4.69) is 0 Å². The Bertz CT molecular complexity index is 948. The summed E-state index contributed by atoms with van der Waals surface area (Å²) in [5.74, 6) is -0.207. The van der Waals surface area contributed by atoms with Crippen molar-refractivity contribution < 1.29 is 13.2 Å². The van der Waals surface area contributed by atoms with Gasteiger partial charge in [0.05, 0.1) is 4.90 Å². The van der Waals surface area contributed by atoms with Crippen molar-refractivity contribution in [3.8, 4) is 0 Å². The van der Waals surface area contributed by atoms with E-state index in [1.807, 2.05) is 0 Å². The van der Waals surface area contributed by atoms with Crippen LogP contribution in [0.2, 0.25) is 5.02 Å². The fourth-order valence-electron chi connectivity index (χ4n) is 2.77. The molecule has 138 valence electrons. The molecule has 1 amide bonds. The predicted octanol–water partition coefficient (Wildman–Crippen LogP) is 1.03. The van der Waals surface area contributed by atoms with Gasteiger partial charge in [-0.1, -0.05) is 17.7 Å². The molecule has 2 aromatic rings. The highest BCUT2D eigenvalue weighted by molar-refractivity contribution is 7.89. The third kappa shape index (κ3) is 3.98. The number of halogens is 1. The highest BCUT2D eigenvalue weighted by atomic mass is 35.5. The predicted molar refractivity (Wildman–Crippen MR) is 97.5 cm³/mol. The summed E-state index contributed by atoms with van der Waals surface area (Å²) in [4.78, 5) is 25.8. The van der Waals surface area contributed by atoms with Crippen LogP contribution in [0, 0.1) is 0 Å².